The Morgan fingerprint density at radius 1 is 1.00 bits per heavy atom. The number of rotatable bonds is 5. The zero-order valence-electron chi connectivity index (χ0n) is 15.9. The predicted molar refractivity (Wildman–Crippen MR) is 112 cm³/mol. The van der Waals surface area contributed by atoms with Crippen LogP contribution in [-0.2, 0) is 19.6 Å². The van der Waals surface area contributed by atoms with E-state index >= 15 is 0 Å². The van der Waals surface area contributed by atoms with Crippen molar-refractivity contribution in [1.29, 1.82) is 0 Å². The first-order valence-electron chi connectivity index (χ1n) is 9.20. The number of benzene rings is 2. The van der Waals surface area contributed by atoms with Crippen LogP contribution in [0, 0.1) is 5.92 Å². The van der Waals surface area contributed by atoms with Crippen LogP contribution in [0.4, 0.5) is 11.4 Å². The minimum atomic E-state index is -3.73. The molecule has 154 valence electrons. The van der Waals surface area contributed by atoms with Crippen LogP contribution in [0.15, 0.2) is 53.4 Å². The molecule has 2 amide bonds. The molecular weight excluding hydrogens is 414 g/mol. The molecule has 0 saturated carbocycles. The summed E-state index contributed by atoms with van der Waals surface area (Å²) in [5.41, 5.74) is 1.14. The third kappa shape index (κ3) is 5.35. The van der Waals surface area contributed by atoms with Crippen molar-refractivity contribution in [3.05, 3.63) is 53.6 Å². The second kappa shape index (κ2) is 8.94. The summed E-state index contributed by atoms with van der Waals surface area (Å²) in [6, 6.07) is 12.8. The molecule has 3 rings (SSSR count). The number of amides is 2. The van der Waals surface area contributed by atoms with Gasteiger partial charge in [-0.1, -0.05) is 11.6 Å². The number of nitrogens with zero attached hydrogens (tertiary/aromatic N) is 1. The van der Waals surface area contributed by atoms with Crippen molar-refractivity contribution in [1.82, 2.24) is 4.31 Å². The average molecular weight is 436 g/mol. The lowest BCUT2D eigenvalue weighted by molar-refractivity contribution is -0.121. The van der Waals surface area contributed by atoms with Gasteiger partial charge in [-0.05, 0) is 61.4 Å². The molecular formula is C20H22ClN3O4S. The van der Waals surface area contributed by atoms with E-state index in [4.69, 9.17) is 11.6 Å². The summed E-state index contributed by atoms with van der Waals surface area (Å²) in [6.07, 6.45) is 1.22. The topological polar surface area (TPSA) is 95.6 Å². The fraction of sp³-hybridized carbons (Fsp3) is 0.300. The summed E-state index contributed by atoms with van der Waals surface area (Å²) >= 11 is 5.85. The molecule has 1 saturated heterocycles. The summed E-state index contributed by atoms with van der Waals surface area (Å²) in [5, 5.41) is 5.99. The first-order chi connectivity index (χ1) is 13.8. The number of halogens is 1. The van der Waals surface area contributed by atoms with Gasteiger partial charge >= 0.3 is 0 Å². The second-order valence-electron chi connectivity index (χ2n) is 6.90. The quantitative estimate of drug-likeness (QED) is 0.752. The summed E-state index contributed by atoms with van der Waals surface area (Å²) in [5.74, 6) is -0.882. The van der Waals surface area contributed by atoms with Gasteiger partial charge in [-0.25, -0.2) is 8.42 Å². The largest absolute Gasteiger partial charge is 0.326 e. The smallest absolute Gasteiger partial charge is 0.243 e. The predicted octanol–water partition coefficient (Wildman–Crippen LogP) is 3.34. The van der Waals surface area contributed by atoms with Crippen LogP contribution in [0.3, 0.4) is 0 Å². The summed E-state index contributed by atoms with van der Waals surface area (Å²) < 4.78 is 27.3. The highest BCUT2D eigenvalue weighted by Crippen LogP contribution is 2.26. The third-order valence-electron chi connectivity index (χ3n) is 4.68. The molecule has 1 aliphatic heterocycles. The lowest BCUT2D eigenvalue weighted by Crippen LogP contribution is -2.43. The fourth-order valence-corrected chi connectivity index (χ4v) is 4.86. The van der Waals surface area contributed by atoms with Crippen molar-refractivity contribution in [2.75, 3.05) is 23.7 Å². The fourth-order valence-electron chi connectivity index (χ4n) is 3.21. The molecule has 0 spiro atoms. The van der Waals surface area contributed by atoms with Crippen molar-refractivity contribution in [3.8, 4) is 0 Å². The van der Waals surface area contributed by atoms with Crippen LogP contribution in [0.5, 0.6) is 0 Å². The maximum atomic E-state index is 13.0. The first-order valence-corrected chi connectivity index (χ1v) is 11.0. The average Bonchev–Trinajstić information content (AvgIpc) is 2.70. The van der Waals surface area contributed by atoms with Gasteiger partial charge in [0.25, 0.3) is 0 Å². The summed E-state index contributed by atoms with van der Waals surface area (Å²) in [4.78, 5) is 23.8. The van der Waals surface area contributed by atoms with E-state index in [0.29, 0.717) is 35.8 Å². The molecule has 0 radical (unpaired) electrons. The highest BCUT2D eigenvalue weighted by molar-refractivity contribution is 7.89. The molecule has 2 aromatic carbocycles. The van der Waals surface area contributed by atoms with Crippen LogP contribution in [0.2, 0.25) is 5.02 Å². The van der Waals surface area contributed by atoms with Gasteiger partial charge in [0.1, 0.15) is 0 Å². The lowest BCUT2D eigenvalue weighted by atomic mass is 9.99. The summed E-state index contributed by atoms with van der Waals surface area (Å²) in [7, 11) is -3.73. The van der Waals surface area contributed by atoms with Gasteiger partial charge in [0.05, 0.1) is 10.8 Å². The Morgan fingerprint density at radius 2 is 1.59 bits per heavy atom. The second-order valence-corrected chi connectivity index (χ2v) is 9.28. The maximum Gasteiger partial charge on any atom is 0.243 e. The van der Waals surface area contributed by atoms with Gasteiger partial charge < -0.3 is 10.6 Å². The lowest BCUT2D eigenvalue weighted by Gasteiger charge is -2.31. The molecule has 2 N–H and O–H groups in total. The number of hydrogen-bond donors (Lipinski definition) is 2. The highest BCUT2D eigenvalue weighted by Gasteiger charge is 2.33. The Bertz CT molecular complexity index is 991. The molecule has 29 heavy (non-hydrogen) atoms. The highest BCUT2D eigenvalue weighted by atomic mass is 35.5. The SMILES string of the molecule is CC(=O)Nc1ccc(S(=O)(=O)N2CCC[C@H](C(=O)Nc3ccc(Cl)cc3)C2)cc1. The number of piperidine rings is 1. The molecule has 1 atom stereocenters. The van der Waals surface area contributed by atoms with E-state index in [-0.39, 0.29) is 23.3 Å². The Labute approximate surface area is 175 Å². The Kier molecular flexibility index (Phi) is 6.56. The van der Waals surface area contributed by atoms with Crippen molar-refractivity contribution in [2.45, 2.75) is 24.7 Å². The van der Waals surface area contributed by atoms with Crippen LogP contribution >= 0.6 is 11.6 Å². The van der Waals surface area contributed by atoms with Gasteiger partial charge in [-0.3, -0.25) is 9.59 Å². The van der Waals surface area contributed by atoms with Crippen molar-refractivity contribution < 1.29 is 18.0 Å². The van der Waals surface area contributed by atoms with Crippen LogP contribution in [0.25, 0.3) is 0 Å². The molecule has 7 nitrogen and oxygen atoms in total. The molecule has 0 bridgehead atoms. The van der Waals surface area contributed by atoms with Gasteiger partial charge in [0.15, 0.2) is 0 Å². The number of anilines is 2. The van der Waals surface area contributed by atoms with Gasteiger partial charge in [0, 0.05) is 36.4 Å². The molecule has 0 aromatic heterocycles. The van der Waals surface area contributed by atoms with E-state index in [0.717, 1.165) is 0 Å². The minimum Gasteiger partial charge on any atom is -0.326 e. The zero-order valence-corrected chi connectivity index (χ0v) is 17.5. The van der Waals surface area contributed by atoms with E-state index in [1.54, 1.807) is 36.4 Å². The number of carbonyl (C=O) groups is 2. The van der Waals surface area contributed by atoms with Crippen LogP contribution in [0.1, 0.15) is 19.8 Å². The van der Waals surface area contributed by atoms with E-state index in [1.165, 1.54) is 23.4 Å². The van der Waals surface area contributed by atoms with Gasteiger partial charge in [0.2, 0.25) is 21.8 Å². The Balaban J connectivity index is 1.69. The Hall–Kier alpha value is -2.42. The number of carbonyl (C=O) groups excluding carboxylic acids is 2. The summed E-state index contributed by atoms with van der Waals surface area (Å²) in [6.45, 7) is 1.86. The molecule has 1 aliphatic rings. The minimum absolute atomic E-state index is 0.120. The Morgan fingerprint density at radius 3 is 2.21 bits per heavy atom. The molecule has 0 aliphatic carbocycles. The molecule has 2 aromatic rings. The number of nitrogens with one attached hydrogen (secondary N) is 2. The normalized spacial score (nSPS) is 17.5. The molecule has 9 heteroatoms. The van der Waals surface area contributed by atoms with Crippen molar-refractivity contribution >= 4 is 44.8 Å². The number of sulfonamides is 1. The van der Waals surface area contributed by atoms with Crippen LogP contribution < -0.4 is 10.6 Å². The van der Waals surface area contributed by atoms with E-state index in [9.17, 15) is 18.0 Å². The van der Waals surface area contributed by atoms with E-state index < -0.39 is 15.9 Å². The standard InChI is InChI=1S/C20H22ClN3O4S/c1-14(25)22-17-8-10-19(11-9-17)29(27,28)24-12-2-3-15(13-24)20(26)23-18-6-4-16(21)5-7-18/h4-11,15H,2-3,12-13H2,1H3,(H,22,25)(H,23,26)/t15-/m0/s1. The number of hydrogen-bond acceptors (Lipinski definition) is 4. The van der Waals surface area contributed by atoms with E-state index in [1.807, 2.05) is 0 Å². The monoisotopic (exact) mass is 435 g/mol. The maximum absolute atomic E-state index is 13.0. The van der Waals surface area contributed by atoms with Crippen molar-refractivity contribution in [2.24, 2.45) is 5.92 Å². The van der Waals surface area contributed by atoms with Crippen LogP contribution in [-0.4, -0.2) is 37.6 Å². The molecule has 1 fully saturated rings. The van der Waals surface area contributed by atoms with Crippen molar-refractivity contribution in [3.63, 3.8) is 0 Å². The van der Waals surface area contributed by atoms with E-state index in [2.05, 4.69) is 10.6 Å². The zero-order chi connectivity index (χ0) is 21.0. The van der Waals surface area contributed by atoms with Gasteiger partial charge in [-0.2, -0.15) is 4.31 Å². The first kappa shape index (κ1) is 21.3. The molecule has 1 heterocycles. The van der Waals surface area contributed by atoms with Gasteiger partial charge in [-0.15, -0.1) is 0 Å². The third-order valence-corrected chi connectivity index (χ3v) is 6.81. The molecule has 0 unspecified atom stereocenters.